The number of hydrogen-bond donors (Lipinski definition) is 2. The summed E-state index contributed by atoms with van der Waals surface area (Å²) in [5.41, 5.74) is 1.11. The molecule has 0 aliphatic heterocycles. The number of benzene rings is 2. The first kappa shape index (κ1) is 12.6. The minimum Gasteiger partial charge on any atom is -0.494 e. The van der Waals surface area contributed by atoms with Crippen molar-refractivity contribution in [3.8, 4) is 16.9 Å². The Hall–Kier alpha value is -1.85. The lowest BCUT2D eigenvalue weighted by Gasteiger charge is -2.11. The Morgan fingerprint density at radius 2 is 1.78 bits per heavy atom. The maximum Gasteiger partial charge on any atom is 0.488 e. The SMILES string of the molecule is COc1cc(B(O)O)cc(-c2ccccc2)c1F. The Morgan fingerprint density at radius 3 is 2.33 bits per heavy atom. The van der Waals surface area contributed by atoms with Crippen molar-refractivity contribution in [2.45, 2.75) is 0 Å². The molecule has 0 saturated heterocycles. The molecule has 5 heteroatoms. The molecule has 0 atom stereocenters. The van der Waals surface area contributed by atoms with Gasteiger partial charge in [-0.2, -0.15) is 0 Å². The van der Waals surface area contributed by atoms with E-state index in [1.165, 1.54) is 19.2 Å². The predicted molar refractivity (Wildman–Crippen MR) is 68.2 cm³/mol. The molecular formula is C13H12BFO3. The van der Waals surface area contributed by atoms with Gasteiger partial charge in [0.25, 0.3) is 0 Å². The van der Waals surface area contributed by atoms with E-state index in [4.69, 9.17) is 4.74 Å². The highest BCUT2D eigenvalue weighted by Gasteiger charge is 2.18. The molecule has 0 spiro atoms. The van der Waals surface area contributed by atoms with Crippen molar-refractivity contribution in [1.82, 2.24) is 0 Å². The molecule has 2 rings (SSSR count). The summed E-state index contributed by atoms with van der Waals surface area (Å²) in [4.78, 5) is 0. The van der Waals surface area contributed by atoms with Crippen molar-refractivity contribution in [3.05, 3.63) is 48.3 Å². The molecule has 0 aliphatic carbocycles. The highest BCUT2D eigenvalue weighted by molar-refractivity contribution is 6.58. The predicted octanol–water partition coefficient (Wildman–Crippen LogP) is 1.18. The zero-order chi connectivity index (χ0) is 13.1. The lowest BCUT2D eigenvalue weighted by atomic mass is 9.78. The number of ether oxygens (including phenoxy) is 1. The molecule has 0 fully saturated rings. The van der Waals surface area contributed by atoms with Gasteiger partial charge >= 0.3 is 7.12 Å². The maximum atomic E-state index is 14.1. The Morgan fingerprint density at radius 1 is 1.11 bits per heavy atom. The van der Waals surface area contributed by atoms with Crippen molar-refractivity contribution in [2.75, 3.05) is 7.11 Å². The summed E-state index contributed by atoms with van der Waals surface area (Å²) in [6, 6.07) is 11.5. The van der Waals surface area contributed by atoms with Crippen LogP contribution in [0, 0.1) is 5.82 Å². The quantitative estimate of drug-likeness (QED) is 0.799. The molecule has 92 valence electrons. The first-order chi connectivity index (χ1) is 8.63. The third-order valence-electron chi connectivity index (χ3n) is 2.66. The van der Waals surface area contributed by atoms with Gasteiger partial charge in [-0.15, -0.1) is 0 Å². The second-order valence-corrected chi connectivity index (χ2v) is 3.82. The number of halogens is 1. The van der Waals surface area contributed by atoms with Crippen LogP contribution in [-0.4, -0.2) is 24.3 Å². The minimum absolute atomic E-state index is 0.0144. The summed E-state index contributed by atoms with van der Waals surface area (Å²) in [7, 11) is -0.331. The van der Waals surface area contributed by atoms with E-state index in [1.807, 2.05) is 6.07 Å². The third kappa shape index (κ3) is 2.37. The fraction of sp³-hybridized carbons (Fsp3) is 0.0769. The Labute approximate surface area is 105 Å². The molecule has 3 nitrogen and oxygen atoms in total. The third-order valence-corrected chi connectivity index (χ3v) is 2.66. The van der Waals surface area contributed by atoms with E-state index in [2.05, 4.69) is 0 Å². The normalized spacial score (nSPS) is 10.2. The molecule has 0 bridgehead atoms. The fourth-order valence-corrected chi connectivity index (χ4v) is 1.74. The van der Waals surface area contributed by atoms with E-state index < -0.39 is 12.9 Å². The Kier molecular flexibility index (Phi) is 3.65. The Balaban J connectivity index is 2.62. The van der Waals surface area contributed by atoms with Gasteiger partial charge in [-0.3, -0.25) is 0 Å². The van der Waals surface area contributed by atoms with Crippen LogP contribution >= 0.6 is 0 Å². The van der Waals surface area contributed by atoms with Crippen LogP contribution in [0.1, 0.15) is 0 Å². The molecule has 18 heavy (non-hydrogen) atoms. The zero-order valence-electron chi connectivity index (χ0n) is 9.80. The van der Waals surface area contributed by atoms with Gasteiger partial charge in [-0.1, -0.05) is 36.4 Å². The van der Waals surface area contributed by atoms with Crippen LogP contribution in [0.2, 0.25) is 0 Å². The molecule has 2 aromatic rings. The van der Waals surface area contributed by atoms with Crippen LogP contribution in [0.5, 0.6) is 5.75 Å². The molecular weight excluding hydrogens is 234 g/mol. The topological polar surface area (TPSA) is 49.7 Å². The van der Waals surface area contributed by atoms with Crippen molar-refractivity contribution in [1.29, 1.82) is 0 Å². The largest absolute Gasteiger partial charge is 0.494 e. The monoisotopic (exact) mass is 246 g/mol. The summed E-state index contributed by atoms with van der Waals surface area (Å²) in [5, 5.41) is 18.4. The van der Waals surface area contributed by atoms with Gasteiger partial charge in [-0.05, 0) is 17.1 Å². The lowest BCUT2D eigenvalue weighted by molar-refractivity contribution is 0.386. The van der Waals surface area contributed by atoms with Gasteiger partial charge in [0.2, 0.25) is 0 Å². The first-order valence-electron chi connectivity index (χ1n) is 5.42. The molecule has 0 radical (unpaired) electrons. The van der Waals surface area contributed by atoms with Crippen molar-refractivity contribution in [3.63, 3.8) is 0 Å². The number of methoxy groups -OCH3 is 1. The summed E-state index contributed by atoms with van der Waals surface area (Å²) in [5.74, 6) is -0.535. The molecule has 0 amide bonds. The molecule has 2 N–H and O–H groups in total. The van der Waals surface area contributed by atoms with E-state index in [-0.39, 0.29) is 16.8 Å². The van der Waals surface area contributed by atoms with E-state index in [0.29, 0.717) is 5.56 Å². The van der Waals surface area contributed by atoms with E-state index in [9.17, 15) is 14.4 Å². The van der Waals surface area contributed by atoms with Gasteiger partial charge in [0.1, 0.15) is 0 Å². The van der Waals surface area contributed by atoms with Crippen molar-refractivity contribution in [2.24, 2.45) is 0 Å². The highest BCUT2D eigenvalue weighted by atomic mass is 19.1. The minimum atomic E-state index is -1.66. The molecule has 0 aromatic heterocycles. The first-order valence-corrected chi connectivity index (χ1v) is 5.42. The zero-order valence-corrected chi connectivity index (χ0v) is 9.80. The molecule has 0 aliphatic rings. The average Bonchev–Trinajstić information content (AvgIpc) is 2.39. The number of rotatable bonds is 3. The van der Waals surface area contributed by atoms with Gasteiger partial charge in [0.05, 0.1) is 7.11 Å². The molecule has 2 aromatic carbocycles. The number of hydrogen-bond acceptors (Lipinski definition) is 3. The van der Waals surface area contributed by atoms with E-state index in [0.717, 1.165) is 0 Å². The van der Waals surface area contributed by atoms with Crippen LogP contribution in [0.15, 0.2) is 42.5 Å². The summed E-state index contributed by atoms with van der Waals surface area (Å²) >= 11 is 0. The second-order valence-electron chi connectivity index (χ2n) is 3.82. The van der Waals surface area contributed by atoms with Gasteiger partial charge in [0, 0.05) is 5.56 Å². The van der Waals surface area contributed by atoms with Crippen LogP contribution in [0.3, 0.4) is 0 Å². The van der Waals surface area contributed by atoms with Crippen LogP contribution < -0.4 is 10.2 Å². The smallest absolute Gasteiger partial charge is 0.488 e. The Bertz CT molecular complexity index is 543. The van der Waals surface area contributed by atoms with Gasteiger partial charge in [-0.25, -0.2) is 4.39 Å². The van der Waals surface area contributed by atoms with Crippen molar-refractivity contribution < 1.29 is 19.2 Å². The maximum absolute atomic E-state index is 14.1. The standard InChI is InChI=1S/C13H12BFO3/c1-18-12-8-10(14(16)17)7-11(13(12)15)9-5-3-2-4-6-9/h2-8,16-17H,1H3. The summed E-state index contributed by atoms with van der Waals surface area (Å²) < 4.78 is 19.0. The average molecular weight is 246 g/mol. The van der Waals surface area contributed by atoms with Gasteiger partial charge < -0.3 is 14.8 Å². The van der Waals surface area contributed by atoms with Crippen molar-refractivity contribution >= 4 is 12.6 Å². The van der Waals surface area contributed by atoms with Crippen LogP contribution in [0.25, 0.3) is 11.1 Å². The molecule has 0 saturated carbocycles. The molecule has 0 unspecified atom stereocenters. The summed E-state index contributed by atoms with van der Waals surface area (Å²) in [6.45, 7) is 0. The van der Waals surface area contributed by atoms with E-state index in [1.54, 1.807) is 24.3 Å². The van der Waals surface area contributed by atoms with Gasteiger partial charge in [0.15, 0.2) is 11.6 Å². The van der Waals surface area contributed by atoms with Crippen LogP contribution in [0.4, 0.5) is 4.39 Å². The highest BCUT2D eigenvalue weighted by Crippen LogP contribution is 2.27. The van der Waals surface area contributed by atoms with Crippen LogP contribution in [-0.2, 0) is 0 Å². The summed E-state index contributed by atoms with van der Waals surface area (Å²) in [6.07, 6.45) is 0. The second kappa shape index (κ2) is 5.20. The van der Waals surface area contributed by atoms with E-state index >= 15 is 0 Å². The molecule has 0 heterocycles. The lowest BCUT2D eigenvalue weighted by Crippen LogP contribution is -2.30. The fourth-order valence-electron chi connectivity index (χ4n) is 1.74.